The maximum atomic E-state index is 11.9. The second-order valence-electron chi connectivity index (χ2n) is 3.84. The van der Waals surface area contributed by atoms with Crippen LogP contribution in [-0.4, -0.2) is 35.2 Å². The monoisotopic (exact) mass is 292 g/mol. The molecule has 0 saturated carbocycles. The highest BCUT2D eigenvalue weighted by molar-refractivity contribution is 7.91. The van der Waals surface area contributed by atoms with Crippen LogP contribution in [0.2, 0.25) is 0 Å². The fourth-order valence-corrected chi connectivity index (χ4v) is 3.61. The minimum atomic E-state index is -3.38. The number of sulfonamides is 1. The summed E-state index contributed by atoms with van der Waals surface area (Å²) in [6, 6.07) is 1.71. The SMILES string of the molecule is CCCNCc1csc(S(=O)(=O)NCCOC)c1. The molecule has 1 heterocycles. The molecule has 1 aromatic heterocycles. The van der Waals surface area contributed by atoms with Gasteiger partial charge < -0.3 is 10.1 Å². The van der Waals surface area contributed by atoms with E-state index < -0.39 is 10.0 Å². The summed E-state index contributed by atoms with van der Waals surface area (Å²) in [5.74, 6) is 0. The van der Waals surface area contributed by atoms with Crippen molar-refractivity contribution < 1.29 is 13.2 Å². The molecule has 0 aromatic carbocycles. The average molecular weight is 292 g/mol. The van der Waals surface area contributed by atoms with Gasteiger partial charge in [0.2, 0.25) is 10.0 Å². The predicted molar refractivity (Wildman–Crippen MR) is 73.4 cm³/mol. The summed E-state index contributed by atoms with van der Waals surface area (Å²) in [6.45, 7) is 4.40. The minimum Gasteiger partial charge on any atom is -0.383 e. The van der Waals surface area contributed by atoms with Crippen molar-refractivity contribution in [1.82, 2.24) is 10.0 Å². The van der Waals surface area contributed by atoms with Crippen LogP contribution in [0.5, 0.6) is 0 Å². The first-order valence-electron chi connectivity index (χ1n) is 5.87. The number of hydrogen-bond acceptors (Lipinski definition) is 5. The van der Waals surface area contributed by atoms with Gasteiger partial charge in [-0.3, -0.25) is 0 Å². The molecule has 7 heteroatoms. The molecular weight excluding hydrogens is 272 g/mol. The van der Waals surface area contributed by atoms with Crippen molar-refractivity contribution in [2.75, 3.05) is 26.8 Å². The van der Waals surface area contributed by atoms with Crippen LogP contribution in [0.1, 0.15) is 18.9 Å². The summed E-state index contributed by atoms with van der Waals surface area (Å²) in [6.07, 6.45) is 1.06. The third-order valence-corrected chi connectivity index (χ3v) is 5.20. The van der Waals surface area contributed by atoms with Crippen molar-refractivity contribution in [2.24, 2.45) is 0 Å². The standard InChI is InChI=1S/C11H20N2O3S2/c1-3-4-12-8-10-7-11(17-9-10)18(14,15)13-5-6-16-2/h7,9,12-13H,3-6,8H2,1-2H3. The molecule has 0 radical (unpaired) electrons. The van der Waals surface area contributed by atoms with Crippen LogP contribution in [-0.2, 0) is 21.3 Å². The molecule has 0 spiro atoms. The zero-order chi connectivity index (χ0) is 13.4. The number of nitrogens with one attached hydrogen (secondary N) is 2. The van der Waals surface area contributed by atoms with E-state index in [1.165, 1.54) is 18.4 Å². The van der Waals surface area contributed by atoms with Gasteiger partial charge in [-0.15, -0.1) is 11.3 Å². The molecule has 0 atom stereocenters. The van der Waals surface area contributed by atoms with Crippen molar-refractivity contribution >= 4 is 21.4 Å². The van der Waals surface area contributed by atoms with Gasteiger partial charge in [0.05, 0.1) is 6.61 Å². The Morgan fingerprint density at radius 1 is 1.39 bits per heavy atom. The summed E-state index contributed by atoms with van der Waals surface area (Å²) < 4.78 is 31.4. The average Bonchev–Trinajstić information content (AvgIpc) is 2.79. The molecule has 5 nitrogen and oxygen atoms in total. The van der Waals surface area contributed by atoms with Crippen LogP contribution in [0.25, 0.3) is 0 Å². The van der Waals surface area contributed by atoms with E-state index in [0.29, 0.717) is 23.9 Å². The van der Waals surface area contributed by atoms with E-state index in [4.69, 9.17) is 4.74 Å². The molecule has 104 valence electrons. The summed E-state index contributed by atoms with van der Waals surface area (Å²) in [7, 11) is -1.84. The first-order chi connectivity index (χ1) is 8.60. The molecule has 2 N–H and O–H groups in total. The van der Waals surface area contributed by atoms with Crippen molar-refractivity contribution in [1.29, 1.82) is 0 Å². The van der Waals surface area contributed by atoms with Gasteiger partial charge in [0.15, 0.2) is 0 Å². The highest BCUT2D eigenvalue weighted by Gasteiger charge is 2.15. The Kier molecular flexibility index (Phi) is 6.80. The largest absolute Gasteiger partial charge is 0.383 e. The van der Waals surface area contributed by atoms with Gasteiger partial charge in [0.25, 0.3) is 0 Å². The van der Waals surface area contributed by atoms with Crippen molar-refractivity contribution in [2.45, 2.75) is 24.1 Å². The van der Waals surface area contributed by atoms with Crippen LogP contribution in [0.4, 0.5) is 0 Å². The smallest absolute Gasteiger partial charge is 0.250 e. The maximum absolute atomic E-state index is 11.9. The molecule has 0 bridgehead atoms. The fraction of sp³-hybridized carbons (Fsp3) is 0.636. The Morgan fingerprint density at radius 2 is 2.17 bits per heavy atom. The molecule has 0 aliphatic heterocycles. The van der Waals surface area contributed by atoms with Gasteiger partial charge in [-0.25, -0.2) is 13.1 Å². The van der Waals surface area contributed by atoms with E-state index in [1.54, 1.807) is 6.07 Å². The predicted octanol–water partition coefficient (Wildman–Crippen LogP) is 1.17. The van der Waals surface area contributed by atoms with Crippen LogP contribution >= 0.6 is 11.3 Å². The quantitative estimate of drug-likeness (QED) is 0.671. The molecule has 0 aliphatic carbocycles. The summed E-state index contributed by atoms with van der Waals surface area (Å²) >= 11 is 1.24. The molecule has 0 amide bonds. The normalized spacial score (nSPS) is 11.9. The lowest BCUT2D eigenvalue weighted by atomic mass is 10.3. The molecule has 1 aromatic rings. The summed E-state index contributed by atoms with van der Waals surface area (Å²) in [5.41, 5.74) is 1.00. The molecule has 0 unspecified atom stereocenters. The van der Waals surface area contributed by atoms with Crippen molar-refractivity contribution in [3.8, 4) is 0 Å². The minimum absolute atomic E-state index is 0.292. The lowest BCUT2D eigenvalue weighted by molar-refractivity contribution is 0.204. The molecule has 0 aliphatic rings. The lowest BCUT2D eigenvalue weighted by Gasteiger charge is -2.03. The zero-order valence-electron chi connectivity index (χ0n) is 10.7. The fourth-order valence-electron chi connectivity index (χ4n) is 1.35. The molecular formula is C11H20N2O3S2. The molecule has 18 heavy (non-hydrogen) atoms. The number of rotatable bonds is 9. The highest BCUT2D eigenvalue weighted by Crippen LogP contribution is 2.19. The first-order valence-corrected chi connectivity index (χ1v) is 8.23. The van der Waals surface area contributed by atoms with Crippen molar-refractivity contribution in [3.63, 3.8) is 0 Å². The number of hydrogen-bond donors (Lipinski definition) is 2. The third-order valence-electron chi connectivity index (χ3n) is 2.25. The zero-order valence-corrected chi connectivity index (χ0v) is 12.4. The van der Waals surface area contributed by atoms with E-state index in [-0.39, 0.29) is 0 Å². The Hall–Kier alpha value is -0.470. The van der Waals surface area contributed by atoms with Crippen molar-refractivity contribution in [3.05, 3.63) is 17.0 Å². The second kappa shape index (κ2) is 7.85. The van der Waals surface area contributed by atoms with E-state index in [0.717, 1.165) is 18.5 Å². The molecule has 0 saturated heterocycles. The topological polar surface area (TPSA) is 67.4 Å². The van der Waals surface area contributed by atoms with Gasteiger partial charge in [-0.1, -0.05) is 6.92 Å². The van der Waals surface area contributed by atoms with Gasteiger partial charge in [0.1, 0.15) is 4.21 Å². The van der Waals surface area contributed by atoms with Gasteiger partial charge in [-0.2, -0.15) is 0 Å². The van der Waals surface area contributed by atoms with Gasteiger partial charge in [-0.05, 0) is 30.0 Å². The molecule has 0 fully saturated rings. The summed E-state index contributed by atoms with van der Waals surface area (Å²) in [5, 5.41) is 5.11. The Balaban J connectivity index is 2.55. The van der Waals surface area contributed by atoms with Crippen LogP contribution in [0, 0.1) is 0 Å². The van der Waals surface area contributed by atoms with Gasteiger partial charge in [0, 0.05) is 20.2 Å². The first kappa shape index (κ1) is 15.6. The van der Waals surface area contributed by atoms with Crippen LogP contribution in [0.3, 0.4) is 0 Å². The Bertz CT molecular complexity index is 443. The number of thiophene rings is 1. The van der Waals surface area contributed by atoms with Crippen LogP contribution in [0.15, 0.2) is 15.7 Å². The van der Waals surface area contributed by atoms with E-state index >= 15 is 0 Å². The lowest BCUT2D eigenvalue weighted by Crippen LogP contribution is -2.26. The third kappa shape index (κ3) is 5.03. The molecule has 1 rings (SSSR count). The number of ether oxygens (including phenoxy) is 1. The Labute approximate surface area is 113 Å². The van der Waals surface area contributed by atoms with E-state index in [1.807, 2.05) is 5.38 Å². The van der Waals surface area contributed by atoms with E-state index in [9.17, 15) is 8.42 Å². The Morgan fingerprint density at radius 3 is 2.83 bits per heavy atom. The number of methoxy groups -OCH3 is 1. The van der Waals surface area contributed by atoms with E-state index in [2.05, 4.69) is 17.0 Å². The van der Waals surface area contributed by atoms with Gasteiger partial charge >= 0.3 is 0 Å². The highest BCUT2D eigenvalue weighted by atomic mass is 32.2. The summed E-state index contributed by atoms with van der Waals surface area (Å²) in [4.78, 5) is 0. The maximum Gasteiger partial charge on any atom is 0.250 e. The van der Waals surface area contributed by atoms with Crippen LogP contribution < -0.4 is 10.0 Å². The second-order valence-corrected chi connectivity index (χ2v) is 6.75.